The van der Waals surface area contributed by atoms with Crippen molar-refractivity contribution in [2.45, 2.75) is 20.3 Å². The van der Waals surface area contributed by atoms with Crippen LogP contribution in [0, 0.1) is 6.92 Å². The lowest BCUT2D eigenvalue weighted by Gasteiger charge is -2.11. The third-order valence-electron chi connectivity index (χ3n) is 2.48. The van der Waals surface area contributed by atoms with Gasteiger partial charge in [-0.05, 0) is 13.3 Å². The largest absolute Gasteiger partial charge is 0.475 e. The quantitative estimate of drug-likeness (QED) is 0.652. The second-order valence-electron chi connectivity index (χ2n) is 4.03. The van der Waals surface area contributed by atoms with E-state index in [1.807, 2.05) is 6.92 Å². The summed E-state index contributed by atoms with van der Waals surface area (Å²) in [6.07, 6.45) is 2.55. The normalized spacial score (nSPS) is 10.5. The van der Waals surface area contributed by atoms with E-state index in [0.29, 0.717) is 32.3 Å². The summed E-state index contributed by atoms with van der Waals surface area (Å²) >= 11 is 0. The smallest absolute Gasteiger partial charge is 0.221 e. The van der Waals surface area contributed by atoms with E-state index >= 15 is 0 Å². The van der Waals surface area contributed by atoms with Gasteiger partial charge in [-0.2, -0.15) is 0 Å². The molecule has 1 N–H and O–H groups in total. The molecule has 0 bridgehead atoms. The van der Waals surface area contributed by atoms with Gasteiger partial charge in [0.05, 0.1) is 25.4 Å². The summed E-state index contributed by atoms with van der Waals surface area (Å²) in [5.41, 5.74) is 0.924. The Hall–Kier alpha value is -1.40. The highest BCUT2D eigenvalue weighted by Crippen LogP contribution is 2.19. The molecule has 0 amide bonds. The number of hydrogen-bond donors (Lipinski definition) is 1. The number of anilines is 1. The molecule has 1 heterocycles. The minimum atomic E-state index is 0.467. The van der Waals surface area contributed by atoms with Gasteiger partial charge in [0, 0.05) is 13.7 Å². The Kier molecular flexibility index (Phi) is 7.84. The highest BCUT2D eigenvalue weighted by molar-refractivity contribution is 5.47. The summed E-state index contributed by atoms with van der Waals surface area (Å²) in [5, 5.41) is 3.24. The van der Waals surface area contributed by atoms with Crippen LogP contribution in [0.1, 0.15) is 18.9 Å². The van der Waals surface area contributed by atoms with Crippen LogP contribution in [0.5, 0.6) is 5.88 Å². The second-order valence-corrected chi connectivity index (χ2v) is 4.03. The van der Waals surface area contributed by atoms with Crippen molar-refractivity contribution < 1.29 is 14.2 Å². The first-order valence-electron chi connectivity index (χ1n) is 6.54. The second kappa shape index (κ2) is 9.52. The van der Waals surface area contributed by atoms with E-state index in [4.69, 9.17) is 14.2 Å². The van der Waals surface area contributed by atoms with Crippen LogP contribution in [0.4, 0.5) is 5.82 Å². The van der Waals surface area contributed by atoms with Gasteiger partial charge in [0.2, 0.25) is 5.88 Å². The van der Waals surface area contributed by atoms with Crippen molar-refractivity contribution in [1.29, 1.82) is 0 Å². The first kappa shape index (κ1) is 15.7. The number of aromatic nitrogens is 2. The molecule has 0 aliphatic rings. The minimum Gasteiger partial charge on any atom is -0.475 e. The fourth-order valence-corrected chi connectivity index (χ4v) is 1.44. The maximum Gasteiger partial charge on any atom is 0.221 e. The van der Waals surface area contributed by atoms with Gasteiger partial charge in [0.1, 0.15) is 18.8 Å². The van der Waals surface area contributed by atoms with Crippen LogP contribution < -0.4 is 10.1 Å². The summed E-state index contributed by atoms with van der Waals surface area (Å²) in [7, 11) is 1.65. The predicted octanol–water partition coefficient (Wildman–Crippen LogP) is 1.65. The van der Waals surface area contributed by atoms with Crippen LogP contribution >= 0.6 is 0 Å². The van der Waals surface area contributed by atoms with E-state index in [1.165, 1.54) is 6.33 Å². The summed E-state index contributed by atoms with van der Waals surface area (Å²) in [6, 6.07) is 0. The third kappa shape index (κ3) is 5.85. The maximum atomic E-state index is 5.58. The van der Waals surface area contributed by atoms with Crippen LogP contribution in [0.25, 0.3) is 0 Å². The lowest BCUT2D eigenvalue weighted by molar-refractivity contribution is 0.0535. The average Bonchev–Trinajstić information content (AvgIpc) is 2.43. The van der Waals surface area contributed by atoms with Gasteiger partial charge in [-0.3, -0.25) is 0 Å². The van der Waals surface area contributed by atoms with Gasteiger partial charge in [0.25, 0.3) is 0 Å². The molecule has 6 nitrogen and oxygen atoms in total. The zero-order valence-electron chi connectivity index (χ0n) is 11.9. The first-order chi connectivity index (χ1) is 9.29. The monoisotopic (exact) mass is 269 g/mol. The van der Waals surface area contributed by atoms with E-state index in [0.717, 1.165) is 24.3 Å². The number of ether oxygens (including phenoxy) is 3. The number of hydrogen-bond acceptors (Lipinski definition) is 6. The predicted molar refractivity (Wildman–Crippen MR) is 73.7 cm³/mol. The van der Waals surface area contributed by atoms with Gasteiger partial charge in [0.15, 0.2) is 0 Å². The summed E-state index contributed by atoms with van der Waals surface area (Å²) in [4.78, 5) is 8.32. The van der Waals surface area contributed by atoms with Crippen molar-refractivity contribution >= 4 is 5.82 Å². The van der Waals surface area contributed by atoms with Crippen LogP contribution in [0.3, 0.4) is 0 Å². The Bertz CT molecular complexity index is 361. The van der Waals surface area contributed by atoms with Gasteiger partial charge >= 0.3 is 0 Å². The topological polar surface area (TPSA) is 65.5 Å². The van der Waals surface area contributed by atoms with Gasteiger partial charge in [-0.25, -0.2) is 9.97 Å². The molecule has 0 unspecified atom stereocenters. The van der Waals surface area contributed by atoms with E-state index in [2.05, 4.69) is 22.2 Å². The Morgan fingerprint density at radius 2 is 1.95 bits per heavy atom. The molecule has 0 atom stereocenters. The zero-order valence-corrected chi connectivity index (χ0v) is 11.9. The van der Waals surface area contributed by atoms with Crippen LogP contribution in [-0.2, 0) is 9.47 Å². The summed E-state index contributed by atoms with van der Waals surface area (Å²) < 4.78 is 15.8. The minimum absolute atomic E-state index is 0.467. The Balaban J connectivity index is 2.36. The molecular weight excluding hydrogens is 246 g/mol. The van der Waals surface area contributed by atoms with Crippen molar-refractivity contribution in [2.75, 3.05) is 45.4 Å². The van der Waals surface area contributed by atoms with E-state index in [-0.39, 0.29) is 0 Å². The molecule has 0 aliphatic heterocycles. The molecular formula is C13H23N3O3. The fraction of sp³-hybridized carbons (Fsp3) is 0.692. The van der Waals surface area contributed by atoms with E-state index < -0.39 is 0 Å². The van der Waals surface area contributed by atoms with Gasteiger partial charge in [-0.15, -0.1) is 0 Å². The van der Waals surface area contributed by atoms with E-state index in [1.54, 1.807) is 7.11 Å². The molecule has 0 saturated heterocycles. The number of rotatable bonds is 10. The maximum absolute atomic E-state index is 5.58. The van der Waals surface area contributed by atoms with Gasteiger partial charge < -0.3 is 19.5 Å². The molecule has 6 heteroatoms. The molecule has 1 aromatic rings. The van der Waals surface area contributed by atoms with Crippen molar-refractivity contribution in [3.63, 3.8) is 0 Å². The number of nitrogens with one attached hydrogen (secondary N) is 1. The lowest BCUT2D eigenvalue weighted by Crippen LogP contribution is -2.12. The third-order valence-corrected chi connectivity index (χ3v) is 2.48. The highest BCUT2D eigenvalue weighted by Gasteiger charge is 2.07. The van der Waals surface area contributed by atoms with Crippen LogP contribution in [-0.4, -0.2) is 50.1 Å². The molecule has 0 fully saturated rings. The Labute approximate surface area is 114 Å². The Morgan fingerprint density at radius 3 is 2.68 bits per heavy atom. The molecule has 19 heavy (non-hydrogen) atoms. The van der Waals surface area contributed by atoms with Crippen LogP contribution in [0.2, 0.25) is 0 Å². The average molecular weight is 269 g/mol. The molecule has 0 aliphatic carbocycles. The van der Waals surface area contributed by atoms with Crippen molar-refractivity contribution in [3.8, 4) is 5.88 Å². The van der Waals surface area contributed by atoms with E-state index in [9.17, 15) is 0 Å². The fourth-order valence-electron chi connectivity index (χ4n) is 1.44. The zero-order chi connectivity index (χ0) is 13.9. The van der Waals surface area contributed by atoms with Crippen LogP contribution in [0.15, 0.2) is 6.33 Å². The Morgan fingerprint density at radius 1 is 1.16 bits per heavy atom. The lowest BCUT2D eigenvalue weighted by atomic mass is 10.3. The molecule has 1 rings (SSSR count). The molecule has 0 spiro atoms. The molecule has 108 valence electrons. The molecule has 1 aromatic heterocycles. The highest BCUT2D eigenvalue weighted by atomic mass is 16.5. The van der Waals surface area contributed by atoms with Crippen molar-refractivity contribution in [1.82, 2.24) is 9.97 Å². The van der Waals surface area contributed by atoms with Gasteiger partial charge in [-0.1, -0.05) is 6.92 Å². The standard InChI is InChI=1S/C13H23N3O3/c1-4-5-14-12-11(2)13(16-10-15-12)19-9-8-18-7-6-17-3/h10H,4-9H2,1-3H3,(H,14,15,16). The first-order valence-corrected chi connectivity index (χ1v) is 6.54. The van der Waals surface area contributed by atoms with Crippen molar-refractivity contribution in [2.24, 2.45) is 0 Å². The molecule has 0 radical (unpaired) electrons. The van der Waals surface area contributed by atoms with Crippen molar-refractivity contribution in [3.05, 3.63) is 11.9 Å². The number of nitrogens with zero attached hydrogens (tertiary/aromatic N) is 2. The number of methoxy groups -OCH3 is 1. The molecule has 0 saturated carbocycles. The summed E-state index contributed by atoms with van der Waals surface area (Å²) in [5.74, 6) is 1.43. The summed E-state index contributed by atoms with van der Waals surface area (Å²) in [6.45, 7) is 7.09. The molecule has 0 aromatic carbocycles. The SMILES string of the molecule is CCCNc1ncnc(OCCOCCOC)c1C.